The van der Waals surface area contributed by atoms with Crippen LogP contribution in [-0.2, 0) is 16.2 Å². The van der Waals surface area contributed by atoms with Gasteiger partial charge >= 0.3 is 5.97 Å². The van der Waals surface area contributed by atoms with Crippen molar-refractivity contribution in [2.24, 2.45) is 5.92 Å². The minimum Gasteiger partial charge on any atom is -0.593 e. The number of anilines is 6. The van der Waals surface area contributed by atoms with Gasteiger partial charge in [-0.25, -0.2) is 4.98 Å². The molecular weight excluding hydrogens is 516 g/mol. The van der Waals surface area contributed by atoms with E-state index in [0.717, 1.165) is 11.4 Å². The molecule has 10 nitrogen and oxygen atoms in total. The van der Waals surface area contributed by atoms with Crippen LogP contribution in [-0.4, -0.2) is 59.1 Å². The second kappa shape index (κ2) is 11.8. The number of ether oxygens (including phenoxy) is 1. The third kappa shape index (κ3) is 6.30. The molecule has 1 atom stereocenters. The lowest BCUT2D eigenvalue weighted by Crippen LogP contribution is -2.36. The standard InChI is InChI=1S/C25H29ClN6O4S/c1-31(37(3)35)21-7-5-4-6-19(21)28-23-18(26)15-27-25(30-23)29-20-9-8-17(14-22(20)36-2)32-12-10-16(11-13-32)24(33)34/h4-9,14-16H,10-13H2,1-3H3,(H,33,34)(H2,27,28,29,30). The summed E-state index contributed by atoms with van der Waals surface area (Å²) in [7, 11) is 3.33. The molecule has 4 rings (SSSR count). The van der Waals surface area contributed by atoms with Gasteiger partial charge in [-0.2, -0.15) is 9.29 Å². The molecular formula is C25H29ClN6O4S. The van der Waals surface area contributed by atoms with Crippen LogP contribution in [0.3, 0.4) is 0 Å². The molecule has 0 aliphatic carbocycles. The number of hydrogen-bond acceptors (Lipinski definition) is 9. The summed E-state index contributed by atoms with van der Waals surface area (Å²) in [6.45, 7) is 1.34. The fraction of sp³-hybridized carbons (Fsp3) is 0.320. The molecule has 0 amide bonds. The van der Waals surface area contributed by atoms with Crippen molar-refractivity contribution in [2.45, 2.75) is 12.8 Å². The molecule has 196 valence electrons. The van der Waals surface area contributed by atoms with E-state index >= 15 is 0 Å². The summed E-state index contributed by atoms with van der Waals surface area (Å²) in [5, 5.41) is 16.0. The van der Waals surface area contributed by atoms with Gasteiger partial charge in [0.15, 0.2) is 5.82 Å². The predicted molar refractivity (Wildman–Crippen MR) is 148 cm³/mol. The monoisotopic (exact) mass is 544 g/mol. The summed E-state index contributed by atoms with van der Waals surface area (Å²) in [5.41, 5.74) is 3.05. The number of benzene rings is 2. The lowest BCUT2D eigenvalue weighted by atomic mass is 9.97. The van der Waals surface area contributed by atoms with E-state index in [-0.39, 0.29) is 5.92 Å². The predicted octanol–water partition coefficient (Wildman–Crippen LogP) is 4.66. The minimum absolute atomic E-state index is 0.291. The Morgan fingerprint density at radius 1 is 1.22 bits per heavy atom. The molecule has 1 aliphatic heterocycles. The molecule has 0 saturated carbocycles. The Morgan fingerprint density at radius 2 is 1.95 bits per heavy atom. The highest BCUT2D eigenvalue weighted by Crippen LogP contribution is 2.35. The summed E-state index contributed by atoms with van der Waals surface area (Å²) >= 11 is 5.18. The number of carboxylic acid groups (broad SMARTS) is 1. The summed E-state index contributed by atoms with van der Waals surface area (Å²) in [4.78, 5) is 22.2. The molecule has 0 radical (unpaired) electrons. The number of carbonyl (C=O) groups is 1. The Bertz CT molecular complexity index is 1260. The smallest absolute Gasteiger partial charge is 0.306 e. The number of rotatable bonds is 9. The zero-order valence-electron chi connectivity index (χ0n) is 20.8. The maximum atomic E-state index is 12.0. The fourth-order valence-corrected chi connectivity index (χ4v) is 4.69. The van der Waals surface area contributed by atoms with Crippen molar-refractivity contribution in [1.82, 2.24) is 9.97 Å². The zero-order valence-corrected chi connectivity index (χ0v) is 22.3. The summed E-state index contributed by atoms with van der Waals surface area (Å²) in [6, 6.07) is 13.2. The van der Waals surface area contributed by atoms with E-state index in [9.17, 15) is 14.5 Å². The zero-order chi connectivity index (χ0) is 26.5. The third-order valence-electron chi connectivity index (χ3n) is 6.27. The van der Waals surface area contributed by atoms with Crippen LogP contribution >= 0.6 is 11.6 Å². The van der Waals surface area contributed by atoms with Gasteiger partial charge < -0.3 is 29.9 Å². The van der Waals surface area contributed by atoms with Gasteiger partial charge in [-0.1, -0.05) is 23.7 Å². The average Bonchev–Trinajstić information content (AvgIpc) is 2.90. The normalized spacial score (nSPS) is 14.7. The van der Waals surface area contributed by atoms with Gasteiger partial charge in [-0.15, -0.1) is 0 Å². The Labute approximate surface area is 223 Å². The number of aromatic nitrogens is 2. The van der Waals surface area contributed by atoms with Crippen LogP contribution in [0, 0.1) is 5.92 Å². The topological polar surface area (TPSA) is 126 Å². The van der Waals surface area contributed by atoms with Gasteiger partial charge in [0, 0.05) is 24.8 Å². The van der Waals surface area contributed by atoms with Crippen LogP contribution in [0.5, 0.6) is 5.75 Å². The number of nitrogens with zero attached hydrogens (tertiary/aromatic N) is 4. The Hall–Kier alpha value is -3.41. The van der Waals surface area contributed by atoms with Crippen molar-refractivity contribution in [3.8, 4) is 5.75 Å². The van der Waals surface area contributed by atoms with E-state index in [4.69, 9.17) is 16.3 Å². The van der Waals surface area contributed by atoms with Crippen LogP contribution in [0.4, 0.5) is 34.5 Å². The number of hydrogen-bond donors (Lipinski definition) is 3. The quantitative estimate of drug-likeness (QED) is 0.327. The molecule has 0 bridgehead atoms. The van der Waals surface area contributed by atoms with Crippen LogP contribution in [0.1, 0.15) is 12.8 Å². The molecule has 3 aromatic rings. The van der Waals surface area contributed by atoms with Crippen LogP contribution in [0.2, 0.25) is 5.02 Å². The number of halogens is 1. The van der Waals surface area contributed by atoms with E-state index in [1.54, 1.807) is 24.7 Å². The highest BCUT2D eigenvalue weighted by atomic mass is 35.5. The Kier molecular flexibility index (Phi) is 8.47. The second-order valence-electron chi connectivity index (χ2n) is 8.56. The van der Waals surface area contributed by atoms with Crippen molar-refractivity contribution < 1.29 is 19.2 Å². The molecule has 0 spiro atoms. The number of piperidine rings is 1. The largest absolute Gasteiger partial charge is 0.593 e. The van der Waals surface area contributed by atoms with Crippen molar-refractivity contribution in [1.29, 1.82) is 0 Å². The molecule has 1 unspecified atom stereocenters. The fourth-order valence-electron chi connectivity index (χ4n) is 4.12. The Balaban J connectivity index is 1.52. The maximum absolute atomic E-state index is 12.0. The van der Waals surface area contributed by atoms with Gasteiger partial charge in [0.25, 0.3) is 0 Å². The first-order chi connectivity index (χ1) is 17.8. The highest BCUT2D eigenvalue weighted by molar-refractivity contribution is 7.92. The van der Waals surface area contributed by atoms with Crippen molar-refractivity contribution in [3.05, 3.63) is 53.7 Å². The van der Waals surface area contributed by atoms with Gasteiger partial charge in [-0.3, -0.25) is 4.79 Å². The molecule has 2 aromatic carbocycles. The SMILES string of the molecule is COc1cc(N2CCC(C(=O)O)CC2)ccc1Nc1ncc(Cl)c(Nc2ccccc2N(C)[S+](C)[O-])n1. The number of methoxy groups -OCH3 is 1. The number of nitrogens with one attached hydrogen (secondary N) is 2. The molecule has 3 N–H and O–H groups in total. The number of carboxylic acids is 1. The third-order valence-corrected chi connectivity index (χ3v) is 7.51. The van der Waals surface area contributed by atoms with Gasteiger partial charge in [0.05, 0.1) is 49.0 Å². The summed E-state index contributed by atoms with van der Waals surface area (Å²) in [6.07, 6.45) is 4.32. The minimum atomic E-state index is -1.21. The summed E-state index contributed by atoms with van der Waals surface area (Å²) < 4.78 is 19.3. The van der Waals surface area contributed by atoms with E-state index in [2.05, 4.69) is 25.5 Å². The van der Waals surface area contributed by atoms with E-state index in [0.29, 0.717) is 59.8 Å². The van der Waals surface area contributed by atoms with E-state index in [1.807, 2.05) is 42.5 Å². The molecule has 2 heterocycles. The first-order valence-corrected chi connectivity index (χ1v) is 13.5. The Morgan fingerprint density at radius 3 is 2.62 bits per heavy atom. The maximum Gasteiger partial charge on any atom is 0.306 e. The van der Waals surface area contributed by atoms with Gasteiger partial charge in [0.2, 0.25) is 5.95 Å². The molecule has 1 aliphatic rings. The first-order valence-electron chi connectivity index (χ1n) is 11.7. The average molecular weight is 545 g/mol. The van der Waals surface area contributed by atoms with Crippen LogP contribution in [0.15, 0.2) is 48.7 Å². The number of para-hydroxylation sites is 2. The van der Waals surface area contributed by atoms with Crippen LogP contribution in [0.25, 0.3) is 0 Å². The highest BCUT2D eigenvalue weighted by Gasteiger charge is 2.25. The van der Waals surface area contributed by atoms with Gasteiger partial charge in [0.1, 0.15) is 22.7 Å². The van der Waals surface area contributed by atoms with E-state index in [1.165, 1.54) is 6.20 Å². The van der Waals surface area contributed by atoms with Crippen molar-refractivity contribution >= 4 is 63.4 Å². The molecule has 37 heavy (non-hydrogen) atoms. The second-order valence-corrected chi connectivity index (χ2v) is 10.4. The summed E-state index contributed by atoms with van der Waals surface area (Å²) in [5.74, 6) is 0.275. The first kappa shape index (κ1) is 26.6. The molecule has 1 saturated heterocycles. The van der Waals surface area contributed by atoms with Gasteiger partial charge in [-0.05, 0) is 37.1 Å². The van der Waals surface area contributed by atoms with E-state index < -0.39 is 17.3 Å². The number of aliphatic carboxylic acids is 1. The molecule has 12 heteroatoms. The molecule has 1 fully saturated rings. The van der Waals surface area contributed by atoms with Crippen molar-refractivity contribution in [3.63, 3.8) is 0 Å². The molecule has 1 aromatic heterocycles. The lowest BCUT2D eigenvalue weighted by Gasteiger charge is -2.32. The van der Waals surface area contributed by atoms with Crippen molar-refractivity contribution in [2.75, 3.05) is 53.3 Å². The van der Waals surface area contributed by atoms with Crippen LogP contribution < -0.4 is 24.6 Å². The lowest BCUT2D eigenvalue weighted by molar-refractivity contribution is -0.142.